The van der Waals surface area contributed by atoms with Crippen molar-refractivity contribution in [1.82, 2.24) is 5.32 Å². The van der Waals surface area contributed by atoms with Gasteiger partial charge in [-0.05, 0) is 23.6 Å². The van der Waals surface area contributed by atoms with Gasteiger partial charge in [-0.25, -0.2) is 0 Å². The highest BCUT2D eigenvalue weighted by atomic mass is 14.8. The summed E-state index contributed by atoms with van der Waals surface area (Å²) in [7, 11) is 1.91. The first-order valence-corrected chi connectivity index (χ1v) is 3.98. The van der Waals surface area contributed by atoms with Gasteiger partial charge < -0.3 is 5.32 Å². The standard InChI is InChI=1S/C10H19N/c1-6-9(8-11-5)7-10(2,3)4/h6,8,11H,1,7H2,2-5H3/b9-8+. The maximum Gasteiger partial charge on any atom is 0.00278 e. The van der Waals surface area contributed by atoms with E-state index in [-0.39, 0.29) is 0 Å². The van der Waals surface area contributed by atoms with Crippen LogP contribution >= 0.6 is 0 Å². The number of hydrogen-bond acceptors (Lipinski definition) is 1. The van der Waals surface area contributed by atoms with E-state index in [1.54, 1.807) is 0 Å². The van der Waals surface area contributed by atoms with Crippen LogP contribution in [0.3, 0.4) is 0 Å². The summed E-state index contributed by atoms with van der Waals surface area (Å²) in [5.74, 6) is 0. The van der Waals surface area contributed by atoms with Crippen LogP contribution in [0.15, 0.2) is 24.4 Å². The van der Waals surface area contributed by atoms with Crippen LogP contribution in [0.25, 0.3) is 0 Å². The molecule has 0 aromatic carbocycles. The highest BCUT2D eigenvalue weighted by Crippen LogP contribution is 2.23. The smallest absolute Gasteiger partial charge is 0.00278 e. The summed E-state index contributed by atoms with van der Waals surface area (Å²) >= 11 is 0. The number of rotatable bonds is 3. The average molecular weight is 153 g/mol. The van der Waals surface area contributed by atoms with Gasteiger partial charge in [-0.2, -0.15) is 0 Å². The molecule has 0 atom stereocenters. The molecular weight excluding hydrogens is 134 g/mol. The number of nitrogens with one attached hydrogen (secondary N) is 1. The lowest BCUT2D eigenvalue weighted by Crippen LogP contribution is -2.07. The van der Waals surface area contributed by atoms with E-state index in [9.17, 15) is 0 Å². The zero-order valence-electron chi connectivity index (χ0n) is 8.07. The quantitative estimate of drug-likeness (QED) is 0.615. The Kier molecular flexibility index (Phi) is 3.94. The topological polar surface area (TPSA) is 12.0 Å². The second kappa shape index (κ2) is 4.22. The second-order valence-corrected chi connectivity index (χ2v) is 3.95. The molecule has 0 aliphatic rings. The Morgan fingerprint density at radius 3 is 2.27 bits per heavy atom. The Bertz CT molecular complexity index is 149. The minimum atomic E-state index is 0.344. The monoisotopic (exact) mass is 153 g/mol. The maximum atomic E-state index is 3.76. The Hall–Kier alpha value is -0.720. The summed E-state index contributed by atoms with van der Waals surface area (Å²) in [6, 6.07) is 0. The van der Waals surface area contributed by atoms with Gasteiger partial charge in [0.05, 0.1) is 0 Å². The van der Waals surface area contributed by atoms with Gasteiger partial charge >= 0.3 is 0 Å². The summed E-state index contributed by atoms with van der Waals surface area (Å²) < 4.78 is 0. The molecule has 0 radical (unpaired) electrons. The van der Waals surface area contributed by atoms with Crippen LogP contribution in [-0.4, -0.2) is 7.05 Å². The SMILES string of the molecule is C=C/C(=C\NC)CC(C)(C)C. The van der Waals surface area contributed by atoms with E-state index < -0.39 is 0 Å². The van der Waals surface area contributed by atoms with E-state index in [1.807, 2.05) is 19.3 Å². The first-order chi connectivity index (χ1) is 4.99. The van der Waals surface area contributed by atoms with Gasteiger partial charge in [0.2, 0.25) is 0 Å². The molecule has 0 fully saturated rings. The van der Waals surface area contributed by atoms with E-state index in [1.165, 1.54) is 5.57 Å². The molecule has 0 rings (SSSR count). The fourth-order valence-corrected chi connectivity index (χ4v) is 0.980. The van der Waals surface area contributed by atoms with Crippen molar-refractivity contribution < 1.29 is 0 Å². The Morgan fingerprint density at radius 2 is 2.00 bits per heavy atom. The van der Waals surface area contributed by atoms with E-state index in [0.29, 0.717) is 5.41 Å². The fourth-order valence-electron chi connectivity index (χ4n) is 0.980. The first-order valence-electron chi connectivity index (χ1n) is 3.98. The highest BCUT2D eigenvalue weighted by molar-refractivity contribution is 5.16. The lowest BCUT2D eigenvalue weighted by atomic mass is 9.88. The van der Waals surface area contributed by atoms with Crippen molar-refractivity contribution in [2.45, 2.75) is 27.2 Å². The zero-order chi connectivity index (χ0) is 8.91. The molecule has 0 heterocycles. The normalized spacial score (nSPS) is 12.9. The number of allylic oxidation sites excluding steroid dienone is 2. The number of hydrogen-bond donors (Lipinski definition) is 1. The van der Waals surface area contributed by atoms with Crippen LogP contribution in [0.2, 0.25) is 0 Å². The Balaban J connectivity index is 4.09. The maximum absolute atomic E-state index is 3.76. The van der Waals surface area contributed by atoms with Crippen molar-refractivity contribution >= 4 is 0 Å². The summed E-state index contributed by atoms with van der Waals surface area (Å²) in [5.41, 5.74) is 1.61. The molecule has 0 aliphatic carbocycles. The molecule has 0 aromatic heterocycles. The summed E-state index contributed by atoms with van der Waals surface area (Å²) in [6.07, 6.45) is 4.97. The van der Waals surface area contributed by atoms with Gasteiger partial charge in [0.25, 0.3) is 0 Å². The lowest BCUT2D eigenvalue weighted by Gasteiger charge is -2.18. The molecule has 1 nitrogen and oxygen atoms in total. The summed E-state index contributed by atoms with van der Waals surface area (Å²) in [6.45, 7) is 10.4. The molecule has 0 amide bonds. The summed E-state index contributed by atoms with van der Waals surface area (Å²) in [4.78, 5) is 0. The molecule has 1 N–H and O–H groups in total. The van der Waals surface area contributed by atoms with Crippen LogP contribution in [0.1, 0.15) is 27.2 Å². The molecule has 64 valence electrons. The third-order valence-corrected chi connectivity index (χ3v) is 1.33. The molecule has 0 unspecified atom stereocenters. The van der Waals surface area contributed by atoms with Crippen molar-refractivity contribution in [3.8, 4) is 0 Å². The van der Waals surface area contributed by atoms with Gasteiger partial charge in [0, 0.05) is 7.05 Å². The van der Waals surface area contributed by atoms with Crippen molar-refractivity contribution in [3.05, 3.63) is 24.4 Å². The van der Waals surface area contributed by atoms with Crippen LogP contribution < -0.4 is 5.32 Å². The molecule has 0 bridgehead atoms. The van der Waals surface area contributed by atoms with Gasteiger partial charge in [-0.15, -0.1) is 0 Å². The molecule has 0 aliphatic heterocycles. The fraction of sp³-hybridized carbons (Fsp3) is 0.600. The molecule has 0 aromatic rings. The van der Waals surface area contributed by atoms with Crippen molar-refractivity contribution in [3.63, 3.8) is 0 Å². The summed E-state index contributed by atoms with van der Waals surface area (Å²) in [5, 5.41) is 3.01. The first kappa shape index (κ1) is 10.3. The average Bonchev–Trinajstić information content (AvgIpc) is 1.84. The van der Waals surface area contributed by atoms with Gasteiger partial charge in [0.1, 0.15) is 0 Å². The third kappa shape index (κ3) is 5.71. The largest absolute Gasteiger partial charge is 0.394 e. The minimum absolute atomic E-state index is 0.344. The predicted octanol–water partition coefficient (Wildman–Crippen LogP) is 2.71. The van der Waals surface area contributed by atoms with Crippen molar-refractivity contribution in [2.75, 3.05) is 7.05 Å². The van der Waals surface area contributed by atoms with Crippen molar-refractivity contribution in [2.24, 2.45) is 5.41 Å². The van der Waals surface area contributed by atoms with Crippen molar-refractivity contribution in [1.29, 1.82) is 0 Å². The third-order valence-electron chi connectivity index (χ3n) is 1.33. The van der Waals surface area contributed by atoms with Gasteiger partial charge in [-0.3, -0.25) is 0 Å². The van der Waals surface area contributed by atoms with E-state index in [2.05, 4.69) is 32.7 Å². The van der Waals surface area contributed by atoms with E-state index in [0.717, 1.165) is 6.42 Å². The second-order valence-electron chi connectivity index (χ2n) is 3.95. The van der Waals surface area contributed by atoms with Gasteiger partial charge in [0.15, 0.2) is 0 Å². The lowest BCUT2D eigenvalue weighted by molar-refractivity contribution is 0.412. The molecular formula is C10H19N. The van der Waals surface area contributed by atoms with Crippen LogP contribution in [0.5, 0.6) is 0 Å². The predicted molar refractivity (Wildman–Crippen MR) is 51.4 cm³/mol. The molecule has 0 saturated heterocycles. The van der Waals surface area contributed by atoms with E-state index in [4.69, 9.17) is 0 Å². The van der Waals surface area contributed by atoms with Crippen LogP contribution in [0, 0.1) is 5.41 Å². The zero-order valence-corrected chi connectivity index (χ0v) is 8.07. The van der Waals surface area contributed by atoms with Crippen LogP contribution in [-0.2, 0) is 0 Å². The Labute approximate surface area is 70.2 Å². The molecule has 1 heteroatoms. The Morgan fingerprint density at radius 1 is 1.45 bits per heavy atom. The van der Waals surface area contributed by atoms with Gasteiger partial charge in [-0.1, -0.05) is 33.4 Å². The molecule has 0 spiro atoms. The molecule has 0 saturated carbocycles. The van der Waals surface area contributed by atoms with Crippen LogP contribution in [0.4, 0.5) is 0 Å². The minimum Gasteiger partial charge on any atom is -0.394 e. The highest BCUT2D eigenvalue weighted by Gasteiger charge is 2.10. The molecule has 11 heavy (non-hydrogen) atoms. The van der Waals surface area contributed by atoms with E-state index >= 15 is 0 Å².